The van der Waals surface area contributed by atoms with E-state index in [1.54, 1.807) is 19.1 Å². The van der Waals surface area contributed by atoms with Crippen LogP contribution in [0.1, 0.15) is 18.6 Å². The van der Waals surface area contributed by atoms with E-state index in [1.807, 2.05) is 36.2 Å². The van der Waals surface area contributed by atoms with E-state index >= 15 is 0 Å². The number of aliphatic hydroxyl groups excluding tert-OH is 1. The highest BCUT2D eigenvalue weighted by molar-refractivity contribution is 5.80. The topological polar surface area (TPSA) is 26.7 Å². The van der Waals surface area contributed by atoms with Gasteiger partial charge in [0.05, 0.1) is 23.2 Å². The third-order valence-corrected chi connectivity index (χ3v) is 3.98. The van der Waals surface area contributed by atoms with E-state index in [0.29, 0.717) is 17.8 Å². The summed E-state index contributed by atoms with van der Waals surface area (Å²) in [5.41, 5.74) is 3.14. The number of nitrogens with zero attached hydrogens (tertiary/aromatic N) is 2. The Bertz CT molecular complexity index is 657. The van der Waals surface area contributed by atoms with Crippen LogP contribution >= 0.6 is 0 Å². The van der Waals surface area contributed by atoms with Crippen molar-refractivity contribution in [2.75, 3.05) is 29.9 Å². The van der Waals surface area contributed by atoms with Crippen molar-refractivity contribution in [1.29, 1.82) is 0 Å². The van der Waals surface area contributed by atoms with E-state index < -0.39 is 6.10 Å². The predicted molar refractivity (Wildman–Crippen MR) is 83.8 cm³/mol. The monoisotopic (exact) mass is 286 g/mol. The SMILES string of the molecule is C[C@@H](O)c1cccc(F)c1N1CCN(C)c2ccccc21. The quantitative estimate of drug-likeness (QED) is 0.915. The van der Waals surface area contributed by atoms with Gasteiger partial charge in [-0.15, -0.1) is 0 Å². The average Bonchev–Trinajstić information content (AvgIpc) is 2.48. The van der Waals surface area contributed by atoms with Crippen molar-refractivity contribution < 1.29 is 9.50 Å². The summed E-state index contributed by atoms with van der Waals surface area (Å²) in [5, 5.41) is 9.96. The Labute approximate surface area is 124 Å². The Morgan fingerprint density at radius 3 is 2.48 bits per heavy atom. The largest absolute Gasteiger partial charge is 0.389 e. The first-order valence-corrected chi connectivity index (χ1v) is 7.14. The van der Waals surface area contributed by atoms with Crippen molar-refractivity contribution in [2.24, 2.45) is 0 Å². The Kier molecular flexibility index (Phi) is 3.55. The Morgan fingerprint density at radius 2 is 1.76 bits per heavy atom. The van der Waals surface area contributed by atoms with Crippen LogP contribution < -0.4 is 9.80 Å². The third kappa shape index (κ3) is 2.36. The molecule has 1 aliphatic rings. The molecule has 3 rings (SSSR count). The average molecular weight is 286 g/mol. The van der Waals surface area contributed by atoms with Crippen LogP contribution in [0.5, 0.6) is 0 Å². The molecule has 2 aromatic carbocycles. The van der Waals surface area contributed by atoms with E-state index in [2.05, 4.69) is 4.90 Å². The van der Waals surface area contributed by atoms with Gasteiger partial charge in [0.25, 0.3) is 0 Å². The Balaban J connectivity index is 2.17. The summed E-state index contributed by atoms with van der Waals surface area (Å²) < 4.78 is 14.4. The highest BCUT2D eigenvalue weighted by atomic mass is 19.1. The predicted octanol–water partition coefficient (Wildman–Crippen LogP) is 3.47. The molecule has 4 heteroatoms. The first kappa shape index (κ1) is 13.9. The van der Waals surface area contributed by atoms with Crippen LogP contribution in [0.2, 0.25) is 0 Å². The highest BCUT2D eigenvalue weighted by Gasteiger charge is 2.26. The molecule has 1 heterocycles. The van der Waals surface area contributed by atoms with Gasteiger partial charge in [0.2, 0.25) is 0 Å². The molecule has 110 valence electrons. The molecule has 0 radical (unpaired) electrons. The molecule has 21 heavy (non-hydrogen) atoms. The zero-order valence-electron chi connectivity index (χ0n) is 12.3. The number of hydrogen-bond donors (Lipinski definition) is 1. The molecule has 1 N–H and O–H groups in total. The zero-order chi connectivity index (χ0) is 15.0. The molecule has 0 unspecified atom stereocenters. The van der Waals surface area contributed by atoms with Crippen LogP contribution in [0.15, 0.2) is 42.5 Å². The van der Waals surface area contributed by atoms with Crippen molar-refractivity contribution in [3.63, 3.8) is 0 Å². The second-order valence-electron chi connectivity index (χ2n) is 5.42. The molecule has 0 spiro atoms. The van der Waals surface area contributed by atoms with Gasteiger partial charge >= 0.3 is 0 Å². The van der Waals surface area contributed by atoms with Gasteiger partial charge in [-0.25, -0.2) is 4.39 Å². The maximum Gasteiger partial charge on any atom is 0.147 e. The smallest absolute Gasteiger partial charge is 0.147 e. The summed E-state index contributed by atoms with van der Waals surface area (Å²) in [6, 6.07) is 12.8. The molecular formula is C17H19FN2O. The summed E-state index contributed by atoms with van der Waals surface area (Å²) in [5.74, 6) is -0.298. The van der Waals surface area contributed by atoms with Crippen molar-refractivity contribution in [3.05, 3.63) is 53.8 Å². The molecule has 0 saturated heterocycles. The van der Waals surface area contributed by atoms with Crippen LogP contribution in [0.3, 0.4) is 0 Å². The van der Waals surface area contributed by atoms with Crippen LogP contribution in [-0.4, -0.2) is 25.2 Å². The number of anilines is 3. The van der Waals surface area contributed by atoms with Gasteiger partial charge in [-0.1, -0.05) is 24.3 Å². The lowest BCUT2D eigenvalue weighted by molar-refractivity contribution is 0.199. The Morgan fingerprint density at radius 1 is 1.05 bits per heavy atom. The molecule has 0 amide bonds. The molecule has 1 atom stereocenters. The fraction of sp³-hybridized carbons (Fsp3) is 0.294. The van der Waals surface area contributed by atoms with Gasteiger partial charge < -0.3 is 14.9 Å². The minimum atomic E-state index is -0.706. The lowest BCUT2D eigenvalue weighted by atomic mass is 10.0. The maximum atomic E-state index is 14.4. The third-order valence-electron chi connectivity index (χ3n) is 3.98. The number of para-hydroxylation sites is 3. The number of fused-ring (bicyclic) bond motifs is 1. The highest BCUT2D eigenvalue weighted by Crippen LogP contribution is 2.40. The molecule has 1 aliphatic heterocycles. The molecule has 0 fully saturated rings. The minimum Gasteiger partial charge on any atom is -0.389 e. The summed E-state index contributed by atoms with van der Waals surface area (Å²) in [7, 11) is 2.03. The van der Waals surface area contributed by atoms with Gasteiger partial charge in [-0.2, -0.15) is 0 Å². The van der Waals surface area contributed by atoms with Crippen molar-refractivity contribution in [1.82, 2.24) is 0 Å². The molecule has 2 aromatic rings. The van der Waals surface area contributed by atoms with E-state index in [0.717, 1.165) is 17.9 Å². The summed E-state index contributed by atoms with van der Waals surface area (Å²) >= 11 is 0. The van der Waals surface area contributed by atoms with E-state index in [-0.39, 0.29) is 5.82 Å². The fourth-order valence-corrected chi connectivity index (χ4v) is 2.89. The van der Waals surface area contributed by atoms with Crippen LogP contribution in [0.25, 0.3) is 0 Å². The number of halogens is 1. The molecule has 3 nitrogen and oxygen atoms in total. The van der Waals surface area contributed by atoms with Crippen molar-refractivity contribution >= 4 is 17.1 Å². The van der Waals surface area contributed by atoms with Crippen molar-refractivity contribution in [3.8, 4) is 0 Å². The summed E-state index contributed by atoms with van der Waals surface area (Å²) in [6.07, 6.45) is -0.706. The molecule has 0 bridgehead atoms. The van der Waals surface area contributed by atoms with Gasteiger partial charge in [0, 0.05) is 25.7 Å². The number of aliphatic hydroxyl groups is 1. The van der Waals surface area contributed by atoms with Crippen LogP contribution in [-0.2, 0) is 0 Å². The summed E-state index contributed by atoms with van der Waals surface area (Å²) in [6.45, 7) is 3.17. The van der Waals surface area contributed by atoms with Gasteiger partial charge in [-0.05, 0) is 25.1 Å². The van der Waals surface area contributed by atoms with Crippen molar-refractivity contribution in [2.45, 2.75) is 13.0 Å². The molecule has 0 saturated carbocycles. The second-order valence-corrected chi connectivity index (χ2v) is 5.42. The zero-order valence-corrected chi connectivity index (χ0v) is 12.3. The van der Waals surface area contributed by atoms with Gasteiger partial charge in [0.15, 0.2) is 0 Å². The van der Waals surface area contributed by atoms with Crippen LogP contribution in [0, 0.1) is 5.82 Å². The normalized spacial score (nSPS) is 15.8. The van der Waals surface area contributed by atoms with Crippen LogP contribution in [0.4, 0.5) is 21.5 Å². The molecule has 0 aromatic heterocycles. The maximum absolute atomic E-state index is 14.4. The van der Waals surface area contributed by atoms with E-state index in [1.165, 1.54) is 6.07 Å². The van der Waals surface area contributed by atoms with Gasteiger partial charge in [0.1, 0.15) is 5.82 Å². The summed E-state index contributed by atoms with van der Waals surface area (Å²) in [4.78, 5) is 4.13. The number of rotatable bonds is 2. The first-order valence-electron chi connectivity index (χ1n) is 7.14. The standard InChI is InChI=1S/C17H19FN2O/c1-12(21)13-6-5-7-14(18)17(13)20-11-10-19(2)15-8-3-4-9-16(15)20/h3-9,12,21H,10-11H2,1-2H3/t12-/m1/s1. The molecule has 0 aliphatic carbocycles. The number of hydrogen-bond acceptors (Lipinski definition) is 3. The number of likely N-dealkylation sites (N-methyl/N-ethyl adjacent to an activating group) is 1. The lowest BCUT2D eigenvalue weighted by Gasteiger charge is -2.38. The minimum absolute atomic E-state index is 0.298. The van der Waals surface area contributed by atoms with E-state index in [4.69, 9.17) is 0 Å². The second kappa shape index (κ2) is 5.37. The number of benzene rings is 2. The van der Waals surface area contributed by atoms with Gasteiger partial charge in [-0.3, -0.25) is 0 Å². The molecular weight excluding hydrogens is 267 g/mol. The van der Waals surface area contributed by atoms with E-state index in [9.17, 15) is 9.50 Å². The first-order chi connectivity index (χ1) is 10.1. The Hall–Kier alpha value is -2.07. The fourth-order valence-electron chi connectivity index (χ4n) is 2.89. The lowest BCUT2D eigenvalue weighted by Crippen LogP contribution is -2.37.